The summed E-state index contributed by atoms with van der Waals surface area (Å²) in [7, 11) is 1.24. The second-order valence-corrected chi connectivity index (χ2v) is 2.98. The molecule has 0 unspecified atom stereocenters. The van der Waals surface area contributed by atoms with Gasteiger partial charge in [-0.25, -0.2) is 9.78 Å². The minimum atomic E-state index is -0.591. The number of nitrogens with one attached hydrogen (secondary N) is 1. The number of primary amides is 1. The molecule has 0 aromatic carbocycles. The van der Waals surface area contributed by atoms with E-state index in [2.05, 4.69) is 15.0 Å². The van der Waals surface area contributed by atoms with Gasteiger partial charge in [-0.15, -0.1) is 0 Å². The lowest BCUT2D eigenvalue weighted by Gasteiger charge is -2.08. The van der Waals surface area contributed by atoms with E-state index in [-0.39, 0.29) is 17.9 Å². The zero-order valence-electron chi connectivity index (χ0n) is 8.69. The first-order chi connectivity index (χ1) is 7.54. The lowest BCUT2D eigenvalue weighted by molar-refractivity contribution is -0.116. The maximum atomic E-state index is 11.4. The standard InChI is InChI=1S/C9H12N4O3/c1-16-9(15)6-2-5(10)3-12-8(6)13-4-7(11)14/h2-3H,4,10H2,1H3,(H2,11,14)(H,12,13). The lowest BCUT2D eigenvalue weighted by atomic mass is 10.2. The van der Waals surface area contributed by atoms with Crippen molar-refractivity contribution in [3.63, 3.8) is 0 Å². The highest BCUT2D eigenvalue weighted by Crippen LogP contribution is 2.16. The van der Waals surface area contributed by atoms with Crippen molar-refractivity contribution in [2.75, 3.05) is 24.7 Å². The van der Waals surface area contributed by atoms with E-state index in [1.807, 2.05) is 0 Å². The minimum absolute atomic E-state index is 0.124. The number of nitrogens with two attached hydrogens (primary N) is 2. The van der Waals surface area contributed by atoms with Gasteiger partial charge in [-0.05, 0) is 6.07 Å². The molecule has 0 atom stereocenters. The summed E-state index contributed by atoms with van der Waals surface area (Å²) >= 11 is 0. The van der Waals surface area contributed by atoms with E-state index in [4.69, 9.17) is 11.5 Å². The van der Waals surface area contributed by atoms with Crippen molar-refractivity contribution >= 4 is 23.4 Å². The Morgan fingerprint density at radius 1 is 1.56 bits per heavy atom. The van der Waals surface area contributed by atoms with Gasteiger partial charge >= 0.3 is 5.97 Å². The third kappa shape index (κ3) is 2.84. The summed E-state index contributed by atoms with van der Waals surface area (Å²) < 4.78 is 4.55. The first kappa shape index (κ1) is 11.8. The molecule has 0 radical (unpaired) electrons. The molecule has 1 aromatic heterocycles. The van der Waals surface area contributed by atoms with Crippen molar-refractivity contribution in [1.82, 2.24) is 4.98 Å². The van der Waals surface area contributed by atoms with Crippen molar-refractivity contribution in [3.05, 3.63) is 17.8 Å². The zero-order chi connectivity index (χ0) is 12.1. The van der Waals surface area contributed by atoms with Crippen LogP contribution in [0.15, 0.2) is 12.3 Å². The summed E-state index contributed by atoms with van der Waals surface area (Å²) in [5.74, 6) is -0.943. The molecule has 0 aliphatic rings. The van der Waals surface area contributed by atoms with Gasteiger partial charge in [0, 0.05) is 0 Å². The maximum Gasteiger partial charge on any atom is 0.341 e. The quantitative estimate of drug-likeness (QED) is 0.584. The van der Waals surface area contributed by atoms with Gasteiger partial charge in [0.15, 0.2) is 0 Å². The molecule has 0 saturated heterocycles. The number of nitrogens with zero attached hydrogens (tertiary/aromatic N) is 1. The van der Waals surface area contributed by atoms with Crippen molar-refractivity contribution in [3.8, 4) is 0 Å². The van der Waals surface area contributed by atoms with Crippen LogP contribution in [-0.4, -0.2) is 30.5 Å². The Morgan fingerprint density at radius 2 is 2.25 bits per heavy atom. The third-order valence-corrected chi connectivity index (χ3v) is 1.74. The van der Waals surface area contributed by atoms with Gasteiger partial charge in [0.2, 0.25) is 5.91 Å². The van der Waals surface area contributed by atoms with Gasteiger partial charge in [-0.3, -0.25) is 4.79 Å². The smallest absolute Gasteiger partial charge is 0.341 e. The fourth-order valence-electron chi connectivity index (χ4n) is 1.06. The number of rotatable bonds is 4. The molecule has 5 N–H and O–H groups in total. The molecule has 0 fully saturated rings. The molecule has 1 heterocycles. The first-order valence-corrected chi connectivity index (χ1v) is 4.40. The fraction of sp³-hybridized carbons (Fsp3) is 0.222. The number of pyridine rings is 1. The van der Waals surface area contributed by atoms with Crippen molar-refractivity contribution in [2.45, 2.75) is 0 Å². The number of carbonyl (C=O) groups is 2. The Balaban J connectivity index is 2.98. The molecule has 1 aromatic rings. The van der Waals surface area contributed by atoms with Crippen molar-refractivity contribution in [1.29, 1.82) is 0 Å². The summed E-state index contributed by atoms with van der Waals surface area (Å²) in [5.41, 5.74) is 10.9. The van der Waals surface area contributed by atoms with Crippen molar-refractivity contribution < 1.29 is 14.3 Å². The highest BCUT2D eigenvalue weighted by molar-refractivity contribution is 5.96. The van der Waals surface area contributed by atoms with E-state index in [0.717, 1.165) is 0 Å². The highest BCUT2D eigenvalue weighted by atomic mass is 16.5. The van der Waals surface area contributed by atoms with E-state index in [1.54, 1.807) is 0 Å². The highest BCUT2D eigenvalue weighted by Gasteiger charge is 2.13. The number of ether oxygens (including phenoxy) is 1. The van der Waals surface area contributed by atoms with Crippen LogP contribution < -0.4 is 16.8 Å². The van der Waals surface area contributed by atoms with Crippen LogP contribution in [0.1, 0.15) is 10.4 Å². The summed E-state index contributed by atoms with van der Waals surface area (Å²) in [4.78, 5) is 25.8. The van der Waals surface area contributed by atoms with Crippen LogP contribution in [0.2, 0.25) is 0 Å². The molecule has 1 amide bonds. The number of anilines is 2. The van der Waals surface area contributed by atoms with Crippen LogP contribution in [0.25, 0.3) is 0 Å². The number of hydrogen-bond acceptors (Lipinski definition) is 6. The summed E-state index contributed by atoms with van der Waals surface area (Å²) in [6, 6.07) is 1.40. The number of nitrogen functional groups attached to an aromatic ring is 1. The minimum Gasteiger partial charge on any atom is -0.465 e. The Hall–Kier alpha value is -2.31. The van der Waals surface area contributed by atoms with E-state index in [9.17, 15) is 9.59 Å². The molecule has 0 aliphatic heterocycles. The van der Waals surface area contributed by atoms with Gasteiger partial charge in [-0.2, -0.15) is 0 Å². The lowest BCUT2D eigenvalue weighted by Crippen LogP contribution is -2.23. The van der Waals surface area contributed by atoms with Crippen LogP contribution >= 0.6 is 0 Å². The number of carbonyl (C=O) groups excluding carboxylic acids is 2. The monoisotopic (exact) mass is 224 g/mol. The predicted octanol–water partition coefficient (Wildman–Crippen LogP) is -0.652. The maximum absolute atomic E-state index is 11.4. The molecular formula is C9H12N4O3. The second kappa shape index (κ2) is 4.96. The van der Waals surface area contributed by atoms with Crippen molar-refractivity contribution in [2.24, 2.45) is 5.73 Å². The fourth-order valence-corrected chi connectivity index (χ4v) is 1.06. The Kier molecular flexibility index (Phi) is 3.65. The van der Waals surface area contributed by atoms with Crippen LogP contribution in [0.4, 0.5) is 11.5 Å². The van der Waals surface area contributed by atoms with Crippen LogP contribution in [0.5, 0.6) is 0 Å². The van der Waals surface area contributed by atoms with Crippen LogP contribution in [0.3, 0.4) is 0 Å². The average molecular weight is 224 g/mol. The van der Waals surface area contributed by atoms with Gasteiger partial charge in [0.1, 0.15) is 11.4 Å². The van der Waals surface area contributed by atoms with Gasteiger partial charge in [0.05, 0.1) is 25.5 Å². The van der Waals surface area contributed by atoms with E-state index in [1.165, 1.54) is 19.4 Å². The van der Waals surface area contributed by atoms with Crippen LogP contribution in [-0.2, 0) is 9.53 Å². The van der Waals surface area contributed by atoms with Crippen LogP contribution in [0, 0.1) is 0 Å². The zero-order valence-corrected chi connectivity index (χ0v) is 8.69. The van der Waals surface area contributed by atoms with E-state index >= 15 is 0 Å². The van der Waals surface area contributed by atoms with Gasteiger partial charge in [0.25, 0.3) is 0 Å². The normalized spacial score (nSPS) is 9.56. The summed E-state index contributed by atoms with van der Waals surface area (Å²) in [6.07, 6.45) is 1.36. The molecule has 0 aliphatic carbocycles. The third-order valence-electron chi connectivity index (χ3n) is 1.74. The largest absolute Gasteiger partial charge is 0.465 e. The van der Waals surface area contributed by atoms with Gasteiger partial charge < -0.3 is 21.5 Å². The molecule has 7 nitrogen and oxygen atoms in total. The summed E-state index contributed by atoms with van der Waals surface area (Å²) in [5, 5.41) is 2.61. The molecule has 1 rings (SSSR count). The number of methoxy groups -OCH3 is 1. The van der Waals surface area contributed by atoms with E-state index in [0.29, 0.717) is 5.69 Å². The summed E-state index contributed by atoms with van der Waals surface area (Å²) in [6.45, 7) is -0.124. The number of aromatic nitrogens is 1. The Labute approximate surface area is 91.8 Å². The molecular weight excluding hydrogens is 212 g/mol. The van der Waals surface area contributed by atoms with Gasteiger partial charge in [-0.1, -0.05) is 0 Å². The number of hydrogen-bond donors (Lipinski definition) is 3. The molecule has 86 valence electrons. The molecule has 16 heavy (non-hydrogen) atoms. The topological polar surface area (TPSA) is 120 Å². The average Bonchev–Trinajstić information content (AvgIpc) is 2.26. The molecule has 7 heteroatoms. The Bertz CT molecular complexity index is 419. The predicted molar refractivity (Wildman–Crippen MR) is 57.7 cm³/mol. The molecule has 0 saturated carbocycles. The number of amides is 1. The number of esters is 1. The first-order valence-electron chi connectivity index (χ1n) is 4.40. The Morgan fingerprint density at radius 3 is 2.81 bits per heavy atom. The van der Waals surface area contributed by atoms with E-state index < -0.39 is 11.9 Å². The molecule has 0 spiro atoms. The second-order valence-electron chi connectivity index (χ2n) is 2.98. The molecule has 0 bridgehead atoms. The SMILES string of the molecule is COC(=O)c1cc(N)cnc1NCC(N)=O.